The summed E-state index contributed by atoms with van der Waals surface area (Å²) in [6.07, 6.45) is 1.50. The minimum Gasteiger partial charge on any atom is -0.378 e. The van der Waals surface area contributed by atoms with Gasteiger partial charge in [-0.15, -0.1) is 0 Å². The van der Waals surface area contributed by atoms with Crippen LogP contribution >= 0.6 is 0 Å². The Bertz CT molecular complexity index is 1090. The fourth-order valence-corrected chi connectivity index (χ4v) is 4.80. The number of aromatic amines is 1. The van der Waals surface area contributed by atoms with Crippen LogP contribution in [0.5, 0.6) is 0 Å². The van der Waals surface area contributed by atoms with Gasteiger partial charge in [0.25, 0.3) is 0 Å². The first-order chi connectivity index (χ1) is 13.0. The second kappa shape index (κ2) is 6.90. The number of pyridine rings is 1. The zero-order chi connectivity index (χ0) is 19.0. The largest absolute Gasteiger partial charge is 0.378 e. The SMILES string of the molecule is Cc1ccc(S(=O)(=O)c2c[nH+]c3ccc(F)cc3c2N2CCOCC2)cc1. The molecule has 7 heteroatoms. The number of morpholine rings is 1. The van der Waals surface area contributed by atoms with Gasteiger partial charge in [-0.3, -0.25) is 0 Å². The third-order valence-electron chi connectivity index (χ3n) is 4.78. The zero-order valence-electron chi connectivity index (χ0n) is 14.9. The van der Waals surface area contributed by atoms with Gasteiger partial charge in [0.05, 0.1) is 29.2 Å². The highest BCUT2D eigenvalue weighted by Gasteiger charge is 2.30. The van der Waals surface area contributed by atoms with Gasteiger partial charge >= 0.3 is 0 Å². The molecule has 140 valence electrons. The minimum atomic E-state index is -3.78. The van der Waals surface area contributed by atoms with Gasteiger partial charge in [-0.1, -0.05) is 17.7 Å². The lowest BCUT2D eigenvalue weighted by atomic mass is 10.1. The summed E-state index contributed by atoms with van der Waals surface area (Å²) in [7, 11) is -3.78. The molecule has 2 heterocycles. The van der Waals surface area contributed by atoms with E-state index in [2.05, 4.69) is 4.98 Å². The molecule has 1 N–H and O–H groups in total. The Morgan fingerprint density at radius 1 is 1.07 bits per heavy atom. The van der Waals surface area contributed by atoms with E-state index >= 15 is 0 Å². The second-order valence-electron chi connectivity index (χ2n) is 6.61. The number of hydrogen-bond acceptors (Lipinski definition) is 4. The number of benzene rings is 2. The molecule has 0 amide bonds. The molecule has 3 aromatic rings. The van der Waals surface area contributed by atoms with E-state index in [1.54, 1.807) is 30.3 Å². The van der Waals surface area contributed by atoms with Crippen molar-refractivity contribution in [2.24, 2.45) is 0 Å². The number of nitrogens with one attached hydrogen (secondary N) is 1. The summed E-state index contributed by atoms with van der Waals surface area (Å²) in [6, 6.07) is 11.1. The van der Waals surface area contributed by atoms with E-state index in [1.165, 1.54) is 18.3 Å². The van der Waals surface area contributed by atoms with Crippen LogP contribution in [0.2, 0.25) is 0 Å². The van der Waals surface area contributed by atoms with E-state index in [0.717, 1.165) is 5.56 Å². The van der Waals surface area contributed by atoms with Crippen LogP contribution in [0.25, 0.3) is 10.9 Å². The number of aromatic nitrogens is 1. The predicted octanol–water partition coefficient (Wildman–Crippen LogP) is 2.77. The molecular formula is C20H20FN2O3S+. The van der Waals surface area contributed by atoms with E-state index in [1.807, 2.05) is 11.8 Å². The van der Waals surface area contributed by atoms with Gasteiger partial charge in [-0.25, -0.2) is 17.8 Å². The smallest absolute Gasteiger partial charge is 0.214 e. The molecule has 0 saturated carbocycles. The molecule has 1 aliphatic rings. The predicted molar refractivity (Wildman–Crippen MR) is 100 cm³/mol. The first-order valence-electron chi connectivity index (χ1n) is 8.75. The van der Waals surface area contributed by atoms with Crippen molar-refractivity contribution in [3.8, 4) is 0 Å². The van der Waals surface area contributed by atoms with Crippen molar-refractivity contribution >= 4 is 26.4 Å². The molecule has 0 atom stereocenters. The van der Waals surface area contributed by atoms with Crippen molar-refractivity contribution in [2.75, 3.05) is 31.2 Å². The van der Waals surface area contributed by atoms with Crippen molar-refractivity contribution < 1.29 is 22.5 Å². The maximum Gasteiger partial charge on any atom is 0.214 e. The molecular weight excluding hydrogens is 367 g/mol. The van der Waals surface area contributed by atoms with Gasteiger partial charge in [0.15, 0.2) is 11.1 Å². The number of nitrogens with zero attached hydrogens (tertiary/aromatic N) is 1. The van der Waals surface area contributed by atoms with E-state index in [4.69, 9.17) is 4.74 Å². The summed E-state index contributed by atoms with van der Waals surface area (Å²) < 4.78 is 46.1. The summed E-state index contributed by atoms with van der Waals surface area (Å²) in [5.74, 6) is -0.407. The van der Waals surface area contributed by atoms with Gasteiger partial charge in [0.2, 0.25) is 15.4 Å². The standard InChI is InChI=1S/C20H19FN2O3S/c1-14-2-5-16(6-3-14)27(24,25)19-13-22-18-7-4-15(21)12-17(18)20(19)23-8-10-26-11-9-23/h2-7,12-13H,8-11H2,1H3/p+1. The second-order valence-corrected chi connectivity index (χ2v) is 8.53. The van der Waals surface area contributed by atoms with Crippen LogP contribution in [0.1, 0.15) is 5.56 Å². The molecule has 1 aliphatic heterocycles. The maximum absolute atomic E-state index is 14.0. The van der Waals surface area contributed by atoms with E-state index < -0.39 is 15.7 Å². The van der Waals surface area contributed by atoms with Crippen LogP contribution in [0.4, 0.5) is 10.1 Å². The highest BCUT2D eigenvalue weighted by Crippen LogP contribution is 2.35. The van der Waals surface area contributed by atoms with E-state index in [-0.39, 0.29) is 9.79 Å². The number of aryl methyl sites for hydroxylation is 1. The molecule has 1 aromatic heterocycles. The molecule has 0 unspecified atom stereocenters. The lowest BCUT2D eigenvalue weighted by Gasteiger charge is -2.30. The Morgan fingerprint density at radius 2 is 1.78 bits per heavy atom. The molecule has 5 nitrogen and oxygen atoms in total. The van der Waals surface area contributed by atoms with Crippen LogP contribution in [-0.4, -0.2) is 34.7 Å². The number of sulfone groups is 1. The van der Waals surface area contributed by atoms with E-state index in [0.29, 0.717) is 42.9 Å². The number of hydrogen-bond donors (Lipinski definition) is 0. The molecule has 0 aliphatic carbocycles. The molecule has 0 radical (unpaired) electrons. The minimum absolute atomic E-state index is 0.145. The van der Waals surface area contributed by atoms with Crippen LogP contribution in [0.3, 0.4) is 0 Å². The average Bonchev–Trinajstić information content (AvgIpc) is 2.68. The zero-order valence-corrected chi connectivity index (χ0v) is 15.7. The number of halogens is 1. The summed E-state index contributed by atoms with van der Waals surface area (Å²) in [5.41, 5.74) is 2.18. The molecule has 1 saturated heterocycles. The first-order valence-corrected chi connectivity index (χ1v) is 10.2. The van der Waals surface area contributed by atoms with Crippen molar-refractivity contribution in [2.45, 2.75) is 16.7 Å². The highest BCUT2D eigenvalue weighted by atomic mass is 32.2. The van der Waals surface area contributed by atoms with Gasteiger partial charge in [0, 0.05) is 19.2 Å². The van der Waals surface area contributed by atoms with Crippen LogP contribution in [0, 0.1) is 12.7 Å². The Balaban J connectivity index is 1.98. The average molecular weight is 387 g/mol. The quantitative estimate of drug-likeness (QED) is 0.693. The fraction of sp³-hybridized carbons (Fsp3) is 0.250. The number of rotatable bonds is 3. The summed E-state index contributed by atoms with van der Waals surface area (Å²) >= 11 is 0. The number of H-pyrrole nitrogens is 1. The van der Waals surface area contributed by atoms with Gasteiger partial charge in [-0.2, -0.15) is 0 Å². The summed E-state index contributed by atoms with van der Waals surface area (Å²) in [6.45, 7) is 4.00. The van der Waals surface area contributed by atoms with Gasteiger partial charge in [-0.05, 0) is 31.2 Å². The van der Waals surface area contributed by atoms with Gasteiger partial charge in [0.1, 0.15) is 5.82 Å². The molecule has 4 rings (SSSR count). The van der Waals surface area contributed by atoms with Crippen molar-refractivity contribution in [1.82, 2.24) is 0 Å². The highest BCUT2D eigenvalue weighted by molar-refractivity contribution is 7.91. The monoisotopic (exact) mass is 387 g/mol. The Hall–Kier alpha value is -2.51. The number of fused-ring (bicyclic) bond motifs is 1. The van der Waals surface area contributed by atoms with Crippen molar-refractivity contribution in [3.05, 3.63) is 60.0 Å². The van der Waals surface area contributed by atoms with Crippen LogP contribution in [0.15, 0.2) is 58.5 Å². The molecule has 2 aromatic carbocycles. The summed E-state index contributed by atoms with van der Waals surface area (Å²) in [5, 5.41) is 0.546. The third-order valence-corrected chi connectivity index (χ3v) is 6.56. The number of anilines is 1. The molecule has 27 heavy (non-hydrogen) atoms. The Kier molecular flexibility index (Phi) is 4.57. The molecule has 0 spiro atoms. The first kappa shape index (κ1) is 17.9. The topological polar surface area (TPSA) is 60.8 Å². The normalized spacial score (nSPS) is 15.3. The van der Waals surface area contributed by atoms with Gasteiger partial charge < -0.3 is 9.64 Å². The number of ether oxygens (including phenoxy) is 1. The lowest BCUT2D eigenvalue weighted by Crippen LogP contribution is -2.37. The third kappa shape index (κ3) is 3.28. The van der Waals surface area contributed by atoms with Crippen LogP contribution in [-0.2, 0) is 14.6 Å². The Morgan fingerprint density at radius 3 is 2.48 bits per heavy atom. The maximum atomic E-state index is 14.0. The van der Waals surface area contributed by atoms with Crippen LogP contribution < -0.4 is 9.88 Å². The van der Waals surface area contributed by atoms with Crippen molar-refractivity contribution in [1.29, 1.82) is 0 Å². The molecule has 1 fully saturated rings. The fourth-order valence-electron chi connectivity index (χ4n) is 3.35. The lowest BCUT2D eigenvalue weighted by molar-refractivity contribution is -0.347. The summed E-state index contributed by atoms with van der Waals surface area (Å²) in [4.78, 5) is 5.33. The van der Waals surface area contributed by atoms with E-state index in [9.17, 15) is 12.8 Å². The molecule has 0 bridgehead atoms. The van der Waals surface area contributed by atoms with Crippen molar-refractivity contribution in [3.63, 3.8) is 0 Å². The Labute approximate surface area is 157 Å².